The summed E-state index contributed by atoms with van der Waals surface area (Å²) in [5.41, 5.74) is 1.56. The first-order valence-corrected chi connectivity index (χ1v) is 9.75. The molecule has 1 N–H and O–H groups in total. The maximum absolute atomic E-state index is 12.5. The lowest BCUT2D eigenvalue weighted by molar-refractivity contribution is -0.122. The Hall–Kier alpha value is -2.38. The Bertz CT molecular complexity index is 861. The summed E-state index contributed by atoms with van der Waals surface area (Å²) in [6.07, 6.45) is -0.130. The van der Waals surface area contributed by atoms with Crippen molar-refractivity contribution in [1.82, 2.24) is 4.31 Å². The Morgan fingerprint density at radius 1 is 1.15 bits per heavy atom. The van der Waals surface area contributed by atoms with Gasteiger partial charge in [0.25, 0.3) is 5.91 Å². The first-order valence-electron chi connectivity index (χ1n) is 8.31. The van der Waals surface area contributed by atoms with E-state index < -0.39 is 16.1 Å². The predicted octanol–water partition coefficient (Wildman–Crippen LogP) is 3.04. The molecule has 6 nitrogen and oxygen atoms in total. The monoisotopic (exact) mass is 376 g/mol. The van der Waals surface area contributed by atoms with Crippen LogP contribution in [0.2, 0.25) is 0 Å². The van der Waals surface area contributed by atoms with Crippen LogP contribution in [0.5, 0.6) is 5.75 Å². The summed E-state index contributed by atoms with van der Waals surface area (Å²) in [5.74, 6) is 0.358. The molecule has 0 saturated carbocycles. The van der Waals surface area contributed by atoms with Gasteiger partial charge in [-0.15, -0.1) is 0 Å². The fourth-order valence-electron chi connectivity index (χ4n) is 2.32. The number of nitrogens with one attached hydrogen (secondary N) is 1. The topological polar surface area (TPSA) is 75.7 Å². The lowest BCUT2D eigenvalue weighted by atomic mass is 10.2. The van der Waals surface area contributed by atoms with E-state index in [0.717, 1.165) is 9.87 Å². The quantitative estimate of drug-likeness (QED) is 0.806. The van der Waals surface area contributed by atoms with Crippen molar-refractivity contribution in [3.05, 3.63) is 54.1 Å². The van der Waals surface area contributed by atoms with E-state index in [-0.39, 0.29) is 10.8 Å². The summed E-state index contributed by atoms with van der Waals surface area (Å²) >= 11 is 0. The van der Waals surface area contributed by atoms with Crippen LogP contribution in [0.15, 0.2) is 53.4 Å². The lowest BCUT2D eigenvalue weighted by Gasteiger charge is -2.18. The molecular formula is C19H24N2O4S. The van der Waals surface area contributed by atoms with Crippen molar-refractivity contribution in [2.75, 3.05) is 19.4 Å². The second-order valence-corrected chi connectivity index (χ2v) is 8.28. The average Bonchev–Trinajstić information content (AvgIpc) is 2.60. The van der Waals surface area contributed by atoms with Gasteiger partial charge < -0.3 is 10.1 Å². The summed E-state index contributed by atoms with van der Waals surface area (Å²) in [6.45, 7) is 3.82. The molecule has 0 fully saturated rings. The summed E-state index contributed by atoms with van der Waals surface area (Å²) in [6, 6.07) is 13.6. The molecule has 0 radical (unpaired) electrons. The molecule has 0 aliphatic rings. The Kier molecular flexibility index (Phi) is 6.39. The highest BCUT2D eigenvalue weighted by molar-refractivity contribution is 7.89. The number of carbonyl (C=O) groups excluding carboxylic acids is 1. The molecule has 1 unspecified atom stereocenters. The van der Waals surface area contributed by atoms with Gasteiger partial charge in [-0.25, -0.2) is 12.7 Å². The molecule has 1 amide bonds. The van der Waals surface area contributed by atoms with E-state index in [1.54, 1.807) is 12.1 Å². The van der Waals surface area contributed by atoms with Crippen molar-refractivity contribution in [3.63, 3.8) is 0 Å². The third-order valence-corrected chi connectivity index (χ3v) is 5.66. The van der Waals surface area contributed by atoms with Crippen LogP contribution in [0.25, 0.3) is 0 Å². The molecule has 2 rings (SSSR count). The molecule has 0 spiro atoms. The van der Waals surface area contributed by atoms with Gasteiger partial charge in [0.15, 0.2) is 6.10 Å². The summed E-state index contributed by atoms with van der Waals surface area (Å²) in [4.78, 5) is 12.6. The van der Waals surface area contributed by atoms with Gasteiger partial charge >= 0.3 is 0 Å². The van der Waals surface area contributed by atoms with Gasteiger partial charge in [0.05, 0.1) is 4.90 Å². The Morgan fingerprint density at radius 2 is 1.81 bits per heavy atom. The van der Waals surface area contributed by atoms with Crippen LogP contribution in [0, 0.1) is 6.92 Å². The summed E-state index contributed by atoms with van der Waals surface area (Å²) < 4.78 is 31.1. The smallest absolute Gasteiger partial charge is 0.265 e. The van der Waals surface area contributed by atoms with Gasteiger partial charge in [-0.05, 0) is 55.3 Å². The van der Waals surface area contributed by atoms with E-state index in [4.69, 9.17) is 4.74 Å². The molecular weight excluding hydrogens is 352 g/mol. The summed E-state index contributed by atoms with van der Waals surface area (Å²) in [5, 5.41) is 2.76. The largest absolute Gasteiger partial charge is 0.481 e. The minimum absolute atomic E-state index is 0.170. The van der Waals surface area contributed by atoms with Crippen molar-refractivity contribution in [1.29, 1.82) is 0 Å². The molecule has 7 heteroatoms. The number of ether oxygens (including phenoxy) is 1. The highest BCUT2D eigenvalue weighted by Crippen LogP contribution is 2.19. The molecule has 0 saturated heterocycles. The second kappa shape index (κ2) is 8.33. The molecule has 2 aromatic carbocycles. The average molecular weight is 376 g/mol. The van der Waals surface area contributed by atoms with Gasteiger partial charge in [0.1, 0.15) is 5.75 Å². The number of sulfonamides is 1. The normalized spacial score (nSPS) is 12.7. The summed E-state index contributed by atoms with van der Waals surface area (Å²) in [7, 11) is -0.549. The fourth-order valence-corrected chi connectivity index (χ4v) is 3.22. The van der Waals surface area contributed by atoms with Crippen molar-refractivity contribution in [3.8, 4) is 5.75 Å². The standard InChI is InChI=1S/C19H24N2O4S/c1-5-18(25-16-8-6-7-14(2)13-16)19(22)20-15-9-11-17(12-10-15)26(23,24)21(3)4/h6-13,18H,5H2,1-4H3,(H,20,22). The zero-order chi connectivity index (χ0) is 19.3. The number of rotatable bonds is 7. The van der Waals surface area contributed by atoms with Crippen molar-refractivity contribution in [2.24, 2.45) is 0 Å². The van der Waals surface area contributed by atoms with Gasteiger partial charge in [0.2, 0.25) is 10.0 Å². The number of carbonyl (C=O) groups is 1. The van der Waals surface area contributed by atoms with Crippen molar-refractivity contribution in [2.45, 2.75) is 31.3 Å². The van der Waals surface area contributed by atoms with Gasteiger partial charge in [-0.1, -0.05) is 19.1 Å². The molecule has 26 heavy (non-hydrogen) atoms. The number of hydrogen-bond acceptors (Lipinski definition) is 4. The highest BCUT2D eigenvalue weighted by Gasteiger charge is 2.20. The van der Waals surface area contributed by atoms with Gasteiger partial charge in [0, 0.05) is 19.8 Å². The minimum atomic E-state index is -3.49. The van der Waals surface area contributed by atoms with E-state index >= 15 is 0 Å². The lowest BCUT2D eigenvalue weighted by Crippen LogP contribution is -2.32. The molecule has 0 aliphatic carbocycles. The van der Waals surface area contributed by atoms with E-state index in [2.05, 4.69) is 5.32 Å². The number of anilines is 1. The molecule has 140 valence electrons. The molecule has 0 heterocycles. The third kappa shape index (κ3) is 4.83. The van der Waals surface area contributed by atoms with Gasteiger partial charge in [-0.2, -0.15) is 0 Å². The van der Waals surface area contributed by atoms with E-state index in [9.17, 15) is 13.2 Å². The van der Waals surface area contributed by atoms with Crippen LogP contribution >= 0.6 is 0 Å². The zero-order valence-corrected chi connectivity index (χ0v) is 16.2. The second-order valence-electron chi connectivity index (χ2n) is 6.13. The number of hydrogen-bond donors (Lipinski definition) is 1. The van der Waals surface area contributed by atoms with E-state index in [1.807, 2.05) is 38.1 Å². The maximum atomic E-state index is 12.5. The van der Waals surface area contributed by atoms with Crippen LogP contribution in [0.4, 0.5) is 5.69 Å². The van der Waals surface area contributed by atoms with Crippen molar-refractivity contribution >= 4 is 21.6 Å². The van der Waals surface area contributed by atoms with Gasteiger partial charge in [-0.3, -0.25) is 4.79 Å². The Labute approximate surface area is 154 Å². The predicted molar refractivity (Wildman–Crippen MR) is 102 cm³/mol. The minimum Gasteiger partial charge on any atom is -0.481 e. The highest BCUT2D eigenvalue weighted by atomic mass is 32.2. The molecule has 0 aromatic heterocycles. The van der Waals surface area contributed by atoms with Crippen LogP contribution in [-0.2, 0) is 14.8 Å². The number of benzene rings is 2. The zero-order valence-electron chi connectivity index (χ0n) is 15.4. The van der Waals surface area contributed by atoms with Crippen LogP contribution in [0.3, 0.4) is 0 Å². The first kappa shape index (κ1) is 19.9. The van der Waals surface area contributed by atoms with Crippen LogP contribution < -0.4 is 10.1 Å². The van der Waals surface area contributed by atoms with E-state index in [1.165, 1.54) is 26.2 Å². The molecule has 2 aromatic rings. The van der Waals surface area contributed by atoms with Crippen molar-refractivity contribution < 1.29 is 17.9 Å². The SMILES string of the molecule is CCC(Oc1cccc(C)c1)C(=O)Nc1ccc(S(=O)(=O)N(C)C)cc1. The number of amides is 1. The molecule has 1 atom stereocenters. The Morgan fingerprint density at radius 3 is 2.35 bits per heavy atom. The van der Waals surface area contributed by atoms with Crippen LogP contribution in [-0.4, -0.2) is 38.8 Å². The molecule has 0 aliphatic heterocycles. The Balaban J connectivity index is 2.08. The number of aryl methyl sites for hydroxylation is 1. The third-order valence-electron chi connectivity index (χ3n) is 3.83. The van der Waals surface area contributed by atoms with Crippen LogP contribution in [0.1, 0.15) is 18.9 Å². The van der Waals surface area contributed by atoms with E-state index in [0.29, 0.717) is 17.9 Å². The number of nitrogens with zero attached hydrogens (tertiary/aromatic N) is 1. The first-order chi connectivity index (χ1) is 12.2. The fraction of sp³-hybridized carbons (Fsp3) is 0.316. The maximum Gasteiger partial charge on any atom is 0.265 e. The molecule has 0 bridgehead atoms.